The zero-order chi connectivity index (χ0) is 15.2. The summed E-state index contributed by atoms with van der Waals surface area (Å²) in [6.45, 7) is 2.34. The minimum Gasteiger partial charge on any atom is -0.325 e. The van der Waals surface area contributed by atoms with Gasteiger partial charge in [-0.2, -0.15) is 0 Å². The summed E-state index contributed by atoms with van der Waals surface area (Å²) in [6.07, 6.45) is 0.830. The third-order valence-electron chi connectivity index (χ3n) is 4.79. The van der Waals surface area contributed by atoms with Crippen LogP contribution in [-0.4, -0.2) is 23.9 Å². The van der Waals surface area contributed by atoms with Crippen molar-refractivity contribution >= 4 is 11.6 Å². The van der Waals surface area contributed by atoms with Crippen molar-refractivity contribution in [2.24, 2.45) is 0 Å². The Labute approximate surface area is 128 Å². The quantitative estimate of drug-likeness (QED) is 0.924. The number of halogens is 1. The van der Waals surface area contributed by atoms with Crippen molar-refractivity contribution in [1.82, 2.24) is 4.90 Å². The molecular weight excluding hydrogens is 279 g/mol. The van der Waals surface area contributed by atoms with Gasteiger partial charge in [-0.3, -0.25) is 9.69 Å². The van der Waals surface area contributed by atoms with Gasteiger partial charge in [0.25, 0.3) is 0 Å². The number of anilines is 1. The number of nitrogens with zero attached hydrogens (tertiary/aromatic N) is 1. The van der Waals surface area contributed by atoms with Crippen LogP contribution in [0.3, 0.4) is 0 Å². The number of rotatable bonds is 2. The van der Waals surface area contributed by atoms with Gasteiger partial charge in [0.2, 0.25) is 5.91 Å². The Balaban J connectivity index is 1.57. The Morgan fingerprint density at radius 1 is 1.14 bits per heavy atom. The molecule has 0 radical (unpaired) electrons. The lowest BCUT2D eigenvalue weighted by Gasteiger charge is -2.22. The number of carbonyl (C=O) groups is 1. The molecule has 1 spiro atoms. The van der Waals surface area contributed by atoms with E-state index in [1.165, 1.54) is 12.1 Å². The molecule has 2 aromatic rings. The Morgan fingerprint density at radius 3 is 2.73 bits per heavy atom. The van der Waals surface area contributed by atoms with Gasteiger partial charge < -0.3 is 5.32 Å². The Kier molecular flexibility index (Phi) is 3.01. The van der Waals surface area contributed by atoms with Crippen molar-refractivity contribution in [1.29, 1.82) is 0 Å². The number of para-hydroxylation sites is 1. The van der Waals surface area contributed by atoms with Crippen LogP contribution in [0.1, 0.15) is 17.5 Å². The highest BCUT2D eigenvalue weighted by Crippen LogP contribution is 2.44. The van der Waals surface area contributed by atoms with Crippen molar-refractivity contribution in [2.45, 2.75) is 18.4 Å². The molecule has 0 aliphatic carbocycles. The molecule has 1 atom stereocenters. The Morgan fingerprint density at radius 2 is 1.91 bits per heavy atom. The fourth-order valence-electron chi connectivity index (χ4n) is 3.65. The van der Waals surface area contributed by atoms with E-state index in [-0.39, 0.29) is 11.7 Å². The minimum absolute atomic E-state index is 0.107. The monoisotopic (exact) mass is 296 g/mol. The first-order valence-corrected chi connectivity index (χ1v) is 7.55. The molecule has 22 heavy (non-hydrogen) atoms. The summed E-state index contributed by atoms with van der Waals surface area (Å²) in [5.41, 5.74) is 2.71. The van der Waals surface area contributed by atoms with Crippen LogP contribution in [0.25, 0.3) is 0 Å². The number of hydrogen-bond donors (Lipinski definition) is 1. The van der Waals surface area contributed by atoms with E-state index < -0.39 is 5.41 Å². The maximum absolute atomic E-state index is 13.0. The second-order valence-corrected chi connectivity index (χ2v) is 6.17. The van der Waals surface area contributed by atoms with Crippen LogP contribution in [0.15, 0.2) is 48.5 Å². The van der Waals surface area contributed by atoms with Crippen molar-refractivity contribution in [3.63, 3.8) is 0 Å². The van der Waals surface area contributed by atoms with Crippen LogP contribution in [0, 0.1) is 5.82 Å². The first-order chi connectivity index (χ1) is 10.7. The second kappa shape index (κ2) is 4.92. The molecule has 1 fully saturated rings. The van der Waals surface area contributed by atoms with Crippen LogP contribution >= 0.6 is 0 Å². The van der Waals surface area contributed by atoms with Gasteiger partial charge in [0.05, 0.1) is 5.41 Å². The Bertz CT molecular complexity index is 728. The number of hydrogen-bond acceptors (Lipinski definition) is 2. The normalized spacial score (nSPS) is 23.8. The van der Waals surface area contributed by atoms with Gasteiger partial charge in [-0.05, 0) is 42.3 Å². The largest absolute Gasteiger partial charge is 0.325 e. The van der Waals surface area contributed by atoms with E-state index in [0.717, 1.165) is 36.3 Å². The molecule has 4 rings (SSSR count). The molecule has 2 heterocycles. The molecule has 2 aromatic carbocycles. The van der Waals surface area contributed by atoms with E-state index in [1.807, 2.05) is 30.3 Å². The zero-order valence-corrected chi connectivity index (χ0v) is 12.2. The molecule has 4 heteroatoms. The number of fused-ring (bicyclic) bond motifs is 2. The van der Waals surface area contributed by atoms with Gasteiger partial charge in [0, 0.05) is 18.8 Å². The lowest BCUT2D eigenvalue weighted by atomic mass is 9.81. The third-order valence-corrected chi connectivity index (χ3v) is 4.79. The van der Waals surface area contributed by atoms with E-state index in [4.69, 9.17) is 0 Å². The van der Waals surface area contributed by atoms with Crippen LogP contribution in [0.4, 0.5) is 10.1 Å². The average Bonchev–Trinajstić information content (AvgIpc) is 3.06. The van der Waals surface area contributed by atoms with Crippen LogP contribution in [0.5, 0.6) is 0 Å². The molecule has 2 aliphatic rings. The molecule has 0 aromatic heterocycles. The standard InChI is InChI=1S/C18H17FN2O/c19-14-7-5-13(6-8-14)11-21-10-9-18(12-21)15-3-1-2-4-16(15)20-17(18)22/h1-8H,9-12H2,(H,20,22). The first kappa shape index (κ1) is 13.5. The summed E-state index contributed by atoms with van der Waals surface area (Å²) in [6, 6.07) is 14.5. The predicted molar refractivity (Wildman–Crippen MR) is 83.0 cm³/mol. The fourth-order valence-corrected chi connectivity index (χ4v) is 3.65. The third kappa shape index (κ3) is 2.03. The maximum atomic E-state index is 13.0. The number of nitrogens with one attached hydrogen (secondary N) is 1. The van der Waals surface area contributed by atoms with E-state index in [9.17, 15) is 9.18 Å². The van der Waals surface area contributed by atoms with Crippen molar-refractivity contribution in [3.05, 3.63) is 65.5 Å². The highest BCUT2D eigenvalue weighted by Gasteiger charge is 2.50. The lowest BCUT2D eigenvalue weighted by Crippen LogP contribution is -2.37. The van der Waals surface area contributed by atoms with Crippen molar-refractivity contribution < 1.29 is 9.18 Å². The van der Waals surface area contributed by atoms with Gasteiger partial charge in [-0.15, -0.1) is 0 Å². The smallest absolute Gasteiger partial charge is 0.236 e. The summed E-state index contributed by atoms with van der Waals surface area (Å²) in [7, 11) is 0. The number of likely N-dealkylation sites (tertiary alicyclic amines) is 1. The predicted octanol–water partition coefficient (Wildman–Crippen LogP) is 2.92. The van der Waals surface area contributed by atoms with Crippen molar-refractivity contribution in [3.8, 4) is 0 Å². The molecular formula is C18H17FN2O. The van der Waals surface area contributed by atoms with E-state index >= 15 is 0 Å². The van der Waals surface area contributed by atoms with Gasteiger partial charge in [0.1, 0.15) is 5.82 Å². The van der Waals surface area contributed by atoms with Gasteiger partial charge >= 0.3 is 0 Å². The van der Waals surface area contributed by atoms with E-state index in [1.54, 1.807) is 0 Å². The molecule has 112 valence electrons. The van der Waals surface area contributed by atoms with Crippen LogP contribution < -0.4 is 5.32 Å². The summed E-state index contributed by atoms with van der Waals surface area (Å²) in [4.78, 5) is 14.8. The molecule has 0 saturated carbocycles. The summed E-state index contributed by atoms with van der Waals surface area (Å²) in [5, 5.41) is 3.01. The second-order valence-electron chi connectivity index (χ2n) is 6.17. The number of benzene rings is 2. The minimum atomic E-state index is -0.420. The highest BCUT2D eigenvalue weighted by molar-refractivity contribution is 6.06. The molecule has 1 unspecified atom stereocenters. The molecule has 2 aliphatic heterocycles. The first-order valence-electron chi connectivity index (χ1n) is 7.55. The van der Waals surface area contributed by atoms with Crippen LogP contribution in [-0.2, 0) is 16.8 Å². The van der Waals surface area contributed by atoms with E-state index in [0.29, 0.717) is 6.54 Å². The van der Waals surface area contributed by atoms with Gasteiger partial charge in [-0.1, -0.05) is 30.3 Å². The van der Waals surface area contributed by atoms with Crippen LogP contribution in [0.2, 0.25) is 0 Å². The molecule has 0 bridgehead atoms. The molecule has 1 saturated heterocycles. The maximum Gasteiger partial charge on any atom is 0.236 e. The molecule has 1 amide bonds. The fraction of sp³-hybridized carbons (Fsp3) is 0.278. The summed E-state index contributed by atoms with van der Waals surface area (Å²) < 4.78 is 13.0. The van der Waals surface area contributed by atoms with Crippen molar-refractivity contribution in [2.75, 3.05) is 18.4 Å². The Hall–Kier alpha value is -2.20. The summed E-state index contributed by atoms with van der Waals surface area (Å²) >= 11 is 0. The average molecular weight is 296 g/mol. The van der Waals surface area contributed by atoms with E-state index in [2.05, 4.69) is 16.3 Å². The summed E-state index contributed by atoms with van der Waals surface area (Å²) in [5.74, 6) is -0.110. The van der Waals surface area contributed by atoms with Gasteiger partial charge in [-0.25, -0.2) is 4.39 Å². The molecule has 1 N–H and O–H groups in total. The highest BCUT2D eigenvalue weighted by atomic mass is 19.1. The zero-order valence-electron chi connectivity index (χ0n) is 12.2. The lowest BCUT2D eigenvalue weighted by molar-refractivity contribution is -0.120. The topological polar surface area (TPSA) is 32.3 Å². The number of carbonyl (C=O) groups excluding carboxylic acids is 1. The number of amides is 1. The van der Waals surface area contributed by atoms with Gasteiger partial charge in [0.15, 0.2) is 0 Å². The SMILES string of the molecule is O=C1Nc2ccccc2C12CCN(Cc1ccc(F)cc1)C2. The molecule has 3 nitrogen and oxygen atoms in total.